The van der Waals surface area contributed by atoms with Crippen molar-refractivity contribution in [3.8, 4) is 0 Å². The number of nitrogens with one attached hydrogen (secondary N) is 1. The predicted molar refractivity (Wildman–Crippen MR) is 61.6 cm³/mol. The van der Waals surface area contributed by atoms with Crippen molar-refractivity contribution in [1.82, 2.24) is 10.2 Å². The van der Waals surface area contributed by atoms with Crippen molar-refractivity contribution < 1.29 is 5.11 Å². The average Bonchev–Trinajstić information content (AvgIpc) is 2.15. The molecule has 0 aromatic carbocycles. The van der Waals surface area contributed by atoms with E-state index in [4.69, 9.17) is 5.11 Å². The molecule has 0 aliphatic rings. The maximum atomic E-state index is 8.57. The second-order valence-electron chi connectivity index (χ2n) is 4.04. The molecule has 0 saturated heterocycles. The Bertz CT molecular complexity index is 107. The van der Waals surface area contributed by atoms with Gasteiger partial charge in [-0.15, -0.1) is 0 Å². The van der Waals surface area contributed by atoms with Crippen LogP contribution in [0.3, 0.4) is 0 Å². The molecule has 14 heavy (non-hydrogen) atoms. The SMILES string of the molecule is CN(C)CCCNCCCCCCO. The lowest BCUT2D eigenvalue weighted by atomic mass is 10.2. The lowest BCUT2D eigenvalue weighted by Gasteiger charge is -2.09. The molecule has 0 aromatic rings. The summed E-state index contributed by atoms with van der Waals surface area (Å²) in [5, 5.41) is 12.0. The van der Waals surface area contributed by atoms with Gasteiger partial charge >= 0.3 is 0 Å². The Morgan fingerprint density at radius 2 is 1.57 bits per heavy atom. The zero-order chi connectivity index (χ0) is 10.6. The number of nitrogens with zero attached hydrogens (tertiary/aromatic N) is 1. The van der Waals surface area contributed by atoms with Crippen LogP contribution in [0.25, 0.3) is 0 Å². The van der Waals surface area contributed by atoms with Crippen LogP contribution in [-0.4, -0.2) is 50.3 Å². The van der Waals surface area contributed by atoms with Crippen molar-refractivity contribution in [2.45, 2.75) is 32.1 Å². The summed E-state index contributed by atoms with van der Waals surface area (Å²) in [5.41, 5.74) is 0. The summed E-state index contributed by atoms with van der Waals surface area (Å²) in [6, 6.07) is 0. The van der Waals surface area contributed by atoms with Crippen LogP contribution in [0.4, 0.5) is 0 Å². The molecule has 0 spiro atoms. The minimum Gasteiger partial charge on any atom is -0.396 e. The summed E-state index contributed by atoms with van der Waals surface area (Å²) in [7, 11) is 4.21. The fourth-order valence-corrected chi connectivity index (χ4v) is 1.36. The summed E-state index contributed by atoms with van der Waals surface area (Å²) < 4.78 is 0. The van der Waals surface area contributed by atoms with E-state index in [-0.39, 0.29) is 0 Å². The van der Waals surface area contributed by atoms with E-state index in [1.165, 1.54) is 19.3 Å². The van der Waals surface area contributed by atoms with E-state index in [1.807, 2.05) is 0 Å². The van der Waals surface area contributed by atoms with Crippen LogP contribution in [0.15, 0.2) is 0 Å². The maximum Gasteiger partial charge on any atom is 0.0431 e. The van der Waals surface area contributed by atoms with Gasteiger partial charge in [-0.3, -0.25) is 0 Å². The van der Waals surface area contributed by atoms with Gasteiger partial charge in [0.15, 0.2) is 0 Å². The minimum absolute atomic E-state index is 0.344. The predicted octanol–water partition coefficient (Wildman–Crippen LogP) is 1.08. The lowest BCUT2D eigenvalue weighted by Crippen LogP contribution is -2.22. The first-order chi connectivity index (χ1) is 6.77. The van der Waals surface area contributed by atoms with E-state index in [0.717, 1.165) is 32.5 Å². The van der Waals surface area contributed by atoms with Gasteiger partial charge in [-0.25, -0.2) is 0 Å². The standard InChI is InChI=1S/C11H26N2O/c1-13(2)10-7-9-12-8-5-3-4-6-11-14/h12,14H,3-11H2,1-2H3. The van der Waals surface area contributed by atoms with Gasteiger partial charge < -0.3 is 15.3 Å². The van der Waals surface area contributed by atoms with Gasteiger partial charge in [0.2, 0.25) is 0 Å². The van der Waals surface area contributed by atoms with E-state index in [1.54, 1.807) is 0 Å². The van der Waals surface area contributed by atoms with Gasteiger partial charge in [-0.2, -0.15) is 0 Å². The summed E-state index contributed by atoms with van der Waals surface area (Å²) in [6.07, 6.45) is 5.82. The first-order valence-corrected chi connectivity index (χ1v) is 5.73. The van der Waals surface area contributed by atoms with Gasteiger partial charge in [0, 0.05) is 6.61 Å². The molecule has 0 aromatic heterocycles. The van der Waals surface area contributed by atoms with Crippen LogP contribution in [0.5, 0.6) is 0 Å². The molecule has 3 nitrogen and oxygen atoms in total. The van der Waals surface area contributed by atoms with Gasteiger partial charge in [-0.1, -0.05) is 12.8 Å². The van der Waals surface area contributed by atoms with Crippen molar-refractivity contribution in [1.29, 1.82) is 0 Å². The quantitative estimate of drug-likeness (QED) is 0.520. The molecule has 0 unspecified atom stereocenters. The van der Waals surface area contributed by atoms with Crippen molar-refractivity contribution >= 4 is 0 Å². The first kappa shape index (κ1) is 13.9. The normalized spacial score (nSPS) is 11.1. The Kier molecular flexibility index (Phi) is 10.9. The molecule has 2 N–H and O–H groups in total. The molecule has 0 atom stereocenters. The second kappa shape index (κ2) is 11.0. The third-order valence-corrected chi connectivity index (χ3v) is 2.22. The van der Waals surface area contributed by atoms with Crippen LogP contribution in [0.1, 0.15) is 32.1 Å². The number of aliphatic hydroxyl groups excluding tert-OH is 1. The Labute approximate surface area is 88.5 Å². The van der Waals surface area contributed by atoms with Gasteiger partial charge in [-0.05, 0) is 53.0 Å². The fourth-order valence-electron chi connectivity index (χ4n) is 1.36. The summed E-state index contributed by atoms with van der Waals surface area (Å²) >= 11 is 0. The van der Waals surface area contributed by atoms with Crippen LogP contribution >= 0.6 is 0 Å². The van der Waals surface area contributed by atoms with Gasteiger partial charge in [0.25, 0.3) is 0 Å². The molecule has 0 amide bonds. The molecule has 0 aliphatic carbocycles. The number of hydrogen-bond donors (Lipinski definition) is 2. The number of aliphatic hydroxyl groups is 1. The van der Waals surface area contributed by atoms with Crippen LogP contribution in [-0.2, 0) is 0 Å². The van der Waals surface area contributed by atoms with Crippen molar-refractivity contribution in [2.75, 3.05) is 40.3 Å². The van der Waals surface area contributed by atoms with Crippen LogP contribution in [0, 0.1) is 0 Å². The average molecular weight is 202 g/mol. The first-order valence-electron chi connectivity index (χ1n) is 5.73. The molecular weight excluding hydrogens is 176 g/mol. The third-order valence-electron chi connectivity index (χ3n) is 2.22. The monoisotopic (exact) mass is 202 g/mol. The summed E-state index contributed by atoms with van der Waals surface area (Å²) in [6.45, 7) is 3.75. The molecule has 0 fully saturated rings. The highest BCUT2D eigenvalue weighted by molar-refractivity contribution is 4.51. The van der Waals surface area contributed by atoms with Crippen LogP contribution in [0.2, 0.25) is 0 Å². The minimum atomic E-state index is 0.344. The Morgan fingerprint density at radius 1 is 0.929 bits per heavy atom. The molecule has 0 rings (SSSR count). The fraction of sp³-hybridized carbons (Fsp3) is 1.00. The van der Waals surface area contributed by atoms with E-state index in [9.17, 15) is 0 Å². The van der Waals surface area contributed by atoms with Crippen molar-refractivity contribution in [3.63, 3.8) is 0 Å². The van der Waals surface area contributed by atoms with Crippen LogP contribution < -0.4 is 5.32 Å². The molecule has 3 heteroatoms. The summed E-state index contributed by atoms with van der Waals surface area (Å²) in [5.74, 6) is 0. The highest BCUT2D eigenvalue weighted by Crippen LogP contribution is 1.97. The number of rotatable bonds is 10. The van der Waals surface area contributed by atoms with E-state index < -0.39 is 0 Å². The second-order valence-corrected chi connectivity index (χ2v) is 4.04. The highest BCUT2D eigenvalue weighted by atomic mass is 16.2. The Balaban J connectivity index is 2.85. The maximum absolute atomic E-state index is 8.57. The van der Waals surface area contributed by atoms with Crippen molar-refractivity contribution in [3.05, 3.63) is 0 Å². The van der Waals surface area contributed by atoms with Gasteiger partial charge in [0.05, 0.1) is 0 Å². The van der Waals surface area contributed by atoms with E-state index in [0.29, 0.717) is 6.61 Å². The molecule has 0 aliphatic heterocycles. The lowest BCUT2D eigenvalue weighted by molar-refractivity contribution is 0.282. The van der Waals surface area contributed by atoms with Crippen molar-refractivity contribution in [2.24, 2.45) is 0 Å². The topological polar surface area (TPSA) is 35.5 Å². The zero-order valence-electron chi connectivity index (χ0n) is 9.76. The third kappa shape index (κ3) is 11.9. The molecule has 86 valence electrons. The number of unbranched alkanes of at least 4 members (excludes halogenated alkanes) is 3. The largest absolute Gasteiger partial charge is 0.396 e. The Morgan fingerprint density at radius 3 is 2.21 bits per heavy atom. The molecule has 0 heterocycles. The zero-order valence-corrected chi connectivity index (χ0v) is 9.76. The number of hydrogen-bond acceptors (Lipinski definition) is 3. The highest BCUT2D eigenvalue weighted by Gasteiger charge is 1.91. The summed E-state index contributed by atoms with van der Waals surface area (Å²) in [4.78, 5) is 2.21. The van der Waals surface area contributed by atoms with Gasteiger partial charge in [0.1, 0.15) is 0 Å². The smallest absolute Gasteiger partial charge is 0.0431 e. The molecule has 0 saturated carbocycles. The van der Waals surface area contributed by atoms with E-state index >= 15 is 0 Å². The Hall–Kier alpha value is -0.120. The van der Waals surface area contributed by atoms with E-state index in [2.05, 4.69) is 24.3 Å². The molecule has 0 bridgehead atoms. The molecule has 0 radical (unpaired) electrons. The molecular formula is C11H26N2O.